The van der Waals surface area contributed by atoms with Crippen LogP contribution in [0.1, 0.15) is 12.5 Å². The Balaban J connectivity index is 2.30. The summed E-state index contributed by atoms with van der Waals surface area (Å²) >= 11 is 12.4. The molecule has 0 aliphatic heterocycles. The van der Waals surface area contributed by atoms with Gasteiger partial charge >= 0.3 is 0 Å². The Morgan fingerprint density at radius 2 is 1.79 bits per heavy atom. The zero-order valence-corrected chi connectivity index (χ0v) is 14.4. The third-order valence-electron chi connectivity index (χ3n) is 3.58. The molecule has 122 valence electrons. The van der Waals surface area contributed by atoms with Crippen LogP contribution in [0.2, 0.25) is 10.0 Å². The minimum Gasteiger partial charge on any atom is -0.369 e. The highest BCUT2D eigenvalue weighted by Crippen LogP contribution is 2.36. The predicted molar refractivity (Wildman–Crippen MR) is 102 cm³/mol. The van der Waals surface area contributed by atoms with Crippen LogP contribution < -0.4 is 11.5 Å². The zero-order valence-electron chi connectivity index (χ0n) is 12.8. The van der Waals surface area contributed by atoms with Crippen LogP contribution >= 0.6 is 23.2 Å². The minimum absolute atomic E-state index is 0.0970. The van der Waals surface area contributed by atoms with Crippen LogP contribution in [-0.4, -0.2) is 16.7 Å². The van der Waals surface area contributed by atoms with Gasteiger partial charge in [-0.1, -0.05) is 41.4 Å². The first-order chi connectivity index (χ1) is 11.5. The van der Waals surface area contributed by atoms with Crippen molar-refractivity contribution in [1.29, 1.82) is 0 Å². The number of benzene rings is 2. The van der Waals surface area contributed by atoms with Gasteiger partial charge in [-0.3, -0.25) is 0 Å². The fourth-order valence-electron chi connectivity index (χ4n) is 2.59. The van der Waals surface area contributed by atoms with Crippen LogP contribution in [0.3, 0.4) is 0 Å². The number of nitrogens with two attached hydrogens (primary N) is 2. The van der Waals surface area contributed by atoms with Gasteiger partial charge in [-0.25, -0.2) is 0 Å². The summed E-state index contributed by atoms with van der Waals surface area (Å²) in [5.41, 5.74) is 14.9. The number of fused-ring (bicyclic) bond motifs is 1. The number of para-hydroxylation sites is 1. The number of nitrogens with zero attached hydrogens (tertiary/aromatic N) is 2. The average Bonchev–Trinajstić information content (AvgIpc) is 2.91. The van der Waals surface area contributed by atoms with E-state index in [0.29, 0.717) is 15.8 Å². The summed E-state index contributed by atoms with van der Waals surface area (Å²) in [4.78, 5) is 3.39. The topological polar surface area (TPSA) is 92.5 Å². The number of rotatable bonds is 3. The van der Waals surface area contributed by atoms with E-state index >= 15 is 0 Å². The molecule has 1 aromatic heterocycles. The Bertz CT molecular complexity index is 968. The van der Waals surface area contributed by atoms with Crippen molar-refractivity contribution in [2.24, 2.45) is 21.7 Å². The molecule has 0 radical (unpaired) electrons. The lowest BCUT2D eigenvalue weighted by Crippen LogP contribution is -2.22. The Kier molecular flexibility index (Phi) is 4.46. The van der Waals surface area contributed by atoms with Crippen LogP contribution in [0.15, 0.2) is 52.7 Å². The molecule has 3 aromatic rings. The van der Waals surface area contributed by atoms with Gasteiger partial charge in [0, 0.05) is 27.1 Å². The van der Waals surface area contributed by atoms with Gasteiger partial charge < -0.3 is 16.5 Å². The first-order valence-electron chi connectivity index (χ1n) is 7.17. The molecule has 0 aliphatic rings. The second-order valence-electron chi connectivity index (χ2n) is 5.26. The number of halogens is 2. The molecule has 0 amide bonds. The Morgan fingerprint density at radius 1 is 1.04 bits per heavy atom. The maximum Gasteiger partial charge on any atom is 0.211 e. The molecule has 0 saturated carbocycles. The van der Waals surface area contributed by atoms with Crippen molar-refractivity contribution in [3.8, 4) is 11.3 Å². The minimum atomic E-state index is -0.0970. The molecule has 0 bridgehead atoms. The zero-order chi connectivity index (χ0) is 17.3. The lowest BCUT2D eigenvalue weighted by Gasteiger charge is -2.07. The van der Waals surface area contributed by atoms with E-state index in [1.54, 1.807) is 12.1 Å². The quantitative estimate of drug-likeness (QED) is 0.372. The van der Waals surface area contributed by atoms with Gasteiger partial charge in [-0.05, 0) is 31.2 Å². The highest BCUT2D eigenvalue weighted by atomic mass is 35.5. The van der Waals surface area contributed by atoms with E-state index in [4.69, 9.17) is 34.7 Å². The monoisotopic (exact) mass is 359 g/mol. The van der Waals surface area contributed by atoms with Gasteiger partial charge in [0.1, 0.15) is 0 Å². The lowest BCUT2D eigenvalue weighted by atomic mass is 10.0. The summed E-state index contributed by atoms with van der Waals surface area (Å²) in [5.74, 6) is -0.0970. The number of guanidine groups is 1. The van der Waals surface area contributed by atoms with E-state index in [0.717, 1.165) is 27.7 Å². The summed E-state index contributed by atoms with van der Waals surface area (Å²) in [6.07, 6.45) is 0. The van der Waals surface area contributed by atoms with Crippen LogP contribution in [0, 0.1) is 0 Å². The molecule has 2 aromatic carbocycles. The molecule has 0 saturated heterocycles. The standard InChI is InChI=1S/C17H15Cl2N5/c1-9(23-24-17(20)21)15-12-4-2-3-5-14(12)22-16(15)11-7-6-10(18)8-13(11)19/h2-8,22H,1H3,(H4,20,21,24)/b23-9-. The summed E-state index contributed by atoms with van der Waals surface area (Å²) in [6.45, 7) is 1.84. The van der Waals surface area contributed by atoms with Crippen molar-refractivity contribution in [3.63, 3.8) is 0 Å². The van der Waals surface area contributed by atoms with E-state index in [1.165, 1.54) is 0 Å². The van der Waals surface area contributed by atoms with Crippen LogP contribution in [-0.2, 0) is 0 Å². The van der Waals surface area contributed by atoms with Gasteiger partial charge in [-0.15, -0.1) is 5.10 Å². The fourth-order valence-corrected chi connectivity index (χ4v) is 3.10. The van der Waals surface area contributed by atoms with Crippen molar-refractivity contribution in [2.45, 2.75) is 6.92 Å². The highest BCUT2D eigenvalue weighted by molar-refractivity contribution is 6.36. The summed E-state index contributed by atoms with van der Waals surface area (Å²) in [5, 5.41) is 9.99. The molecule has 24 heavy (non-hydrogen) atoms. The van der Waals surface area contributed by atoms with Crippen LogP contribution in [0.25, 0.3) is 22.2 Å². The molecule has 7 heteroatoms. The van der Waals surface area contributed by atoms with Gasteiger partial charge in [-0.2, -0.15) is 5.10 Å². The molecule has 5 N–H and O–H groups in total. The normalized spacial score (nSPS) is 11.7. The second-order valence-corrected chi connectivity index (χ2v) is 6.10. The van der Waals surface area contributed by atoms with E-state index in [2.05, 4.69) is 15.2 Å². The number of hydrogen-bond donors (Lipinski definition) is 3. The molecule has 0 fully saturated rings. The number of H-pyrrole nitrogens is 1. The Hall–Kier alpha value is -2.50. The average molecular weight is 360 g/mol. The third-order valence-corrected chi connectivity index (χ3v) is 4.13. The molecule has 3 rings (SSSR count). The van der Waals surface area contributed by atoms with Crippen molar-refractivity contribution in [2.75, 3.05) is 0 Å². The molecule has 0 aliphatic carbocycles. The molecular formula is C17H15Cl2N5. The molecule has 0 spiro atoms. The molecule has 5 nitrogen and oxygen atoms in total. The first-order valence-corrected chi connectivity index (χ1v) is 7.92. The highest BCUT2D eigenvalue weighted by Gasteiger charge is 2.17. The molecule has 1 heterocycles. The van der Waals surface area contributed by atoms with E-state index < -0.39 is 0 Å². The SMILES string of the molecule is C/C(=N/N=C(N)N)c1c(-c2ccc(Cl)cc2Cl)[nH]c2ccccc12. The lowest BCUT2D eigenvalue weighted by molar-refractivity contribution is 1.20. The number of aromatic nitrogens is 1. The number of aromatic amines is 1. The van der Waals surface area contributed by atoms with Crippen molar-refractivity contribution in [1.82, 2.24) is 4.98 Å². The number of nitrogens with one attached hydrogen (secondary N) is 1. The maximum atomic E-state index is 6.38. The predicted octanol–water partition coefficient (Wildman–Crippen LogP) is 4.14. The van der Waals surface area contributed by atoms with Crippen LogP contribution in [0.4, 0.5) is 0 Å². The largest absolute Gasteiger partial charge is 0.369 e. The Labute approximate surface area is 149 Å². The van der Waals surface area contributed by atoms with Crippen molar-refractivity contribution in [3.05, 3.63) is 58.1 Å². The summed E-state index contributed by atoms with van der Waals surface area (Å²) < 4.78 is 0. The van der Waals surface area contributed by atoms with Gasteiger partial charge in [0.15, 0.2) is 0 Å². The van der Waals surface area contributed by atoms with Gasteiger partial charge in [0.2, 0.25) is 5.96 Å². The smallest absolute Gasteiger partial charge is 0.211 e. The van der Waals surface area contributed by atoms with E-state index in [-0.39, 0.29) is 5.96 Å². The molecule has 0 unspecified atom stereocenters. The van der Waals surface area contributed by atoms with Gasteiger partial charge in [0.25, 0.3) is 0 Å². The third kappa shape index (κ3) is 3.09. The van der Waals surface area contributed by atoms with E-state index in [1.807, 2.05) is 37.3 Å². The summed E-state index contributed by atoms with van der Waals surface area (Å²) in [7, 11) is 0. The number of hydrogen-bond acceptors (Lipinski definition) is 2. The van der Waals surface area contributed by atoms with E-state index in [9.17, 15) is 0 Å². The van der Waals surface area contributed by atoms with Crippen molar-refractivity contribution < 1.29 is 0 Å². The maximum absolute atomic E-state index is 6.38. The fraction of sp³-hybridized carbons (Fsp3) is 0.0588. The second kappa shape index (κ2) is 6.55. The van der Waals surface area contributed by atoms with Gasteiger partial charge in [0.05, 0.1) is 16.4 Å². The molecular weight excluding hydrogens is 345 g/mol. The van der Waals surface area contributed by atoms with Crippen molar-refractivity contribution >= 4 is 45.8 Å². The first kappa shape index (κ1) is 16.4. The van der Waals surface area contributed by atoms with Crippen LogP contribution in [0.5, 0.6) is 0 Å². The Morgan fingerprint density at radius 3 is 2.50 bits per heavy atom. The summed E-state index contributed by atoms with van der Waals surface area (Å²) in [6, 6.07) is 13.3. The molecule has 0 atom stereocenters.